The topological polar surface area (TPSA) is 79.0 Å². The van der Waals surface area contributed by atoms with Gasteiger partial charge in [0.05, 0.1) is 22.2 Å². The monoisotopic (exact) mass is 241 g/mol. The van der Waals surface area contributed by atoms with Crippen LogP contribution in [0.4, 0.5) is 20.2 Å². The van der Waals surface area contributed by atoms with Crippen LogP contribution in [0.2, 0.25) is 0 Å². The molecule has 0 saturated carbocycles. The Balaban J connectivity index is 3.02. The minimum absolute atomic E-state index is 0.0355. The Morgan fingerprint density at radius 1 is 1.53 bits per heavy atom. The molecule has 5 nitrogen and oxygen atoms in total. The Kier molecular flexibility index (Phi) is 3.93. The fourth-order valence-corrected chi connectivity index (χ4v) is 1.17. The molecule has 0 bridgehead atoms. The predicted octanol–water partition coefficient (Wildman–Crippen LogP) is 2.53. The summed E-state index contributed by atoms with van der Waals surface area (Å²) in [5, 5.41) is 21.7. The zero-order chi connectivity index (χ0) is 13.0. The van der Waals surface area contributed by atoms with Crippen LogP contribution >= 0.6 is 0 Å². The molecule has 1 aromatic carbocycles. The van der Waals surface area contributed by atoms with Crippen molar-refractivity contribution in [2.24, 2.45) is 0 Å². The second-order valence-electron chi connectivity index (χ2n) is 3.37. The van der Waals surface area contributed by atoms with Gasteiger partial charge in [-0.1, -0.05) is 0 Å². The van der Waals surface area contributed by atoms with Gasteiger partial charge in [-0.3, -0.25) is 10.1 Å². The van der Waals surface area contributed by atoms with E-state index in [2.05, 4.69) is 5.32 Å². The van der Waals surface area contributed by atoms with Crippen molar-refractivity contribution in [3.8, 4) is 6.07 Å². The summed E-state index contributed by atoms with van der Waals surface area (Å²) in [5.74, 6) is 0. The number of rotatable bonds is 4. The normalized spacial score (nSPS) is 11.9. The number of hydrogen-bond donors (Lipinski definition) is 1. The van der Waals surface area contributed by atoms with E-state index in [9.17, 15) is 18.9 Å². The molecule has 0 saturated heterocycles. The van der Waals surface area contributed by atoms with Gasteiger partial charge >= 0.3 is 0 Å². The summed E-state index contributed by atoms with van der Waals surface area (Å²) in [6.07, 6.45) is -2.59. The van der Waals surface area contributed by atoms with E-state index in [1.165, 1.54) is 13.0 Å². The largest absolute Gasteiger partial charge is 0.376 e. The zero-order valence-electron chi connectivity index (χ0n) is 8.85. The lowest BCUT2D eigenvalue weighted by Gasteiger charge is -2.14. The number of benzene rings is 1. The highest BCUT2D eigenvalue weighted by atomic mass is 19.3. The lowest BCUT2D eigenvalue weighted by molar-refractivity contribution is -0.384. The van der Waals surface area contributed by atoms with Crippen molar-refractivity contribution >= 4 is 11.4 Å². The van der Waals surface area contributed by atoms with Gasteiger partial charge in [0.15, 0.2) is 0 Å². The number of halogens is 2. The number of nitriles is 1. The molecule has 1 atom stereocenters. The van der Waals surface area contributed by atoms with Crippen molar-refractivity contribution in [1.82, 2.24) is 0 Å². The molecule has 0 aliphatic carbocycles. The van der Waals surface area contributed by atoms with Gasteiger partial charge in [0.1, 0.15) is 6.07 Å². The molecular weight excluding hydrogens is 232 g/mol. The number of hydrogen-bond acceptors (Lipinski definition) is 4. The number of nitrogens with zero attached hydrogens (tertiary/aromatic N) is 2. The fraction of sp³-hybridized carbons (Fsp3) is 0.300. The summed E-state index contributed by atoms with van der Waals surface area (Å²) in [6.45, 7) is 1.26. The Morgan fingerprint density at radius 3 is 2.65 bits per heavy atom. The van der Waals surface area contributed by atoms with Crippen molar-refractivity contribution in [3.05, 3.63) is 33.9 Å². The summed E-state index contributed by atoms with van der Waals surface area (Å²) in [7, 11) is 0. The molecule has 1 rings (SSSR count). The first-order valence-corrected chi connectivity index (χ1v) is 4.69. The maximum Gasteiger partial charge on any atom is 0.270 e. The maximum absolute atomic E-state index is 12.3. The molecule has 0 amide bonds. The quantitative estimate of drug-likeness (QED) is 0.648. The van der Waals surface area contributed by atoms with Gasteiger partial charge in [-0.2, -0.15) is 5.26 Å². The molecule has 1 unspecified atom stereocenters. The summed E-state index contributed by atoms with van der Waals surface area (Å²) in [4.78, 5) is 9.81. The zero-order valence-corrected chi connectivity index (χ0v) is 8.85. The lowest BCUT2D eigenvalue weighted by Crippen LogP contribution is -2.24. The number of non-ortho nitro benzene ring substituents is 1. The van der Waals surface area contributed by atoms with Crippen molar-refractivity contribution in [1.29, 1.82) is 5.26 Å². The van der Waals surface area contributed by atoms with Crippen LogP contribution in [-0.4, -0.2) is 17.4 Å². The average Bonchev–Trinajstić information content (AvgIpc) is 2.28. The van der Waals surface area contributed by atoms with Crippen LogP contribution in [-0.2, 0) is 0 Å². The number of nitro benzene ring substituents is 1. The number of nitro groups is 1. The van der Waals surface area contributed by atoms with E-state index in [0.29, 0.717) is 0 Å². The molecule has 0 aromatic heterocycles. The van der Waals surface area contributed by atoms with Gasteiger partial charge in [0.2, 0.25) is 0 Å². The summed E-state index contributed by atoms with van der Waals surface area (Å²) in [5.41, 5.74) is -0.130. The van der Waals surface area contributed by atoms with E-state index >= 15 is 0 Å². The van der Waals surface area contributed by atoms with Crippen LogP contribution in [0.25, 0.3) is 0 Å². The molecule has 1 N–H and O–H groups in total. The second-order valence-corrected chi connectivity index (χ2v) is 3.37. The molecule has 0 heterocycles. The van der Waals surface area contributed by atoms with Gasteiger partial charge in [0, 0.05) is 12.1 Å². The van der Waals surface area contributed by atoms with Gasteiger partial charge in [0.25, 0.3) is 12.1 Å². The van der Waals surface area contributed by atoms with E-state index in [1.54, 1.807) is 6.07 Å². The van der Waals surface area contributed by atoms with E-state index in [4.69, 9.17) is 5.26 Å². The minimum atomic E-state index is -2.59. The van der Waals surface area contributed by atoms with Crippen molar-refractivity contribution in [2.45, 2.75) is 19.4 Å². The molecule has 7 heteroatoms. The second kappa shape index (κ2) is 5.21. The van der Waals surface area contributed by atoms with Crippen LogP contribution in [0.3, 0.4) is 0 Å². The number of nitrogens with one attached hydrogen (secondary N) is 1. The van der Waals surface area contributed by atoms with Crippen molar-refractivity contribution in [2.75, 3.05) is 5.32 Å². The van der Waals surface area contributed by atoms with E-state index in [-0.39, 0.29) is 16.9 Å². The van der Waals surface area contributed by atoms with Crippen LogP contribution in [0.15, 0.2) is 18.2 Å². The fourth-order valence-electron chi connectivity index (χ4n) is 1.17. The SMILES string of the molecule is CC(Nc1ccc([N+](=O)[O-])cc1C#N)C(F)F. The van der Waals surface area contributed by atoms with Crippen LogP contribution in [0.1, 0.15) is 12.5 Å². The third-order valence-corrected chi connectivity index (χ3v) is 2.10. The minimum Gasteiger partial charge on any atom is -0.376 e. The van der Waals surface area contributed by atoms with Gasteiger partial charge in [-0.15, -0.1) is 0 Å². The maximum atomic E-state index is 12.3. The summed E-state index contributed by atoms with van der Waals surface area (Å²) < 4.78 is 24.6. The van der Waals surface area contributed by atoms with Crippen molar-refractivity contribution < 1.29 is 13.7 Å². The van der Waals surface area contributed by atoms with Crippen LogP contribution < -0.4 is 5.32 Å². The number of alkyl halides is 2. The molecule has 0 radical (unpaired) electrons. The standard InChI is InChI=1S/C10H9F2N3O2/c1-6(10(11)12)14-9-3-2-8(15(16)17)4-7(9)5-13/h2-4,6,10,14H,1H3. The van der Waals surface area contributed by atoms with E-state index in [1.807, 2.05) is 0 Å². The Morgan fingerprint density at radius 2 is 2.18 bits per heavy atom. The Labute approximate surface area is 95.8 Å². The van der Waals surface area contributed by atoms with Gasteiger partial charge < -0.3 is 5.32 Å². The van der Waals surface area contributed by atoms with E-state index < -0.39 is 17.4 Å². The first-order chi connectivity index (χ1) is 7.95. The van der Waals surface area contributed by atoms with Gasteiger partial charge in [-0.25, -0.2) is 8.78 Å². The molecule has 0 aliphatic rings. The van der Waals surface area contributed by atoms with E-state index in [0.717, 1.165) is 12.1 Å². The highest BCUT2D eigenvalue weighted by Crippen LogP contribution is 2.22. The molecule has 1 aromatic rings. The average molecular weight is 241 g/mol. The number of anilines is 1. The molecular formula is C10H9F2N3O2. The third-order valence-electron chi connectivity index (χ3n) is 2.10. The Hall–Kier alpha value is -2.23. The summed E-state index contributed by atoms with van der Waals surface area (Å²) >= 11 is 0. The van der Waals surface area contributed by atoms with Crippen molar-refractivity contribution in [3.63, 3.8) is 0 Å². The summed E-state index contributed by atoms with van der Waals surface area (Å²) in [6, 6.07) is 4.03. The molecule has 0 fully saturated rings. The first kappa shape index (κ1) is 12.8. The highest BCUT2D eigenvalue weighted by molar-refractivity contribution is 5.61. The molecule has 0 spiro atoms. The predicted molar refractivity (Wildman–Crippen MR) is 56.9 cm³/mol. The van der Waals surface area contributed by atoms with Crippen LogP contribution in [0.5, 0.6) is 0 Å². The van der Waals surface area contributed by atoms with Gasteiger partial charge in [-0.05, 0) is 13.0 Å². The molecule has 90 valence electrons. The Bertz CT molecular complexity index is 471. The highest BCUT2D eigenvalue weighted by Gasteiger charge is 2.17. The molecule has 17 heavy (non-hydrogen) atoms. The smallest absolute Gasteiger partial charge is 0.270 e. The molecule has 0 aliphatic heterocycles. The first-order valence-electron chi connectivity index (χ1n) is 4.69. The lowest BCUT2D eigenvalue weighted by atomic mass is 10.1. The van der Waals surface area contributed by atoms with Crippen LogP contribution in [0, 0.1) is 21.4 Å². The third kappa shape index (κ3) is 3.11.